The Labute approximate surface area is 96.0 Å². The van der Waals surface area contributed by atoms with Crippen LogP contribution >= 0.6 is 11.5 Å². The first-order chi connectivity index (χ1) is 7.75. The highest BCUT2D eigenvalue weighted by Gasteiger charge is 2.24. The van der Waals surface area contributed by atoms with E-state index in [0.29, 0.717) is 10.8 Å². The fourth-order valence-electron chi connectivity index (χ4n) is 2.36. The number of aromatic nitrogens is 1. The molecule has 2 aromatic heterocycles. The Morgan fingerprint density at radius 1 is 1.50 bits per heavy atom. The van der Waals surface area contributed by atoms with Crippen LogP contribution in [0, 0.1) is 0 Å². The number of hydrogen-bond acceptors (Lipinski definition) is 4. The Morgan fingerprint density at radius 3 is 2.94 bits per heavy atom. The Bertz CT molecular complexity index is 536. The molecule has 0 bridgehead atoms. The summed E-state index contributed by atoms with van der Waals surface area (Å²) in [6.45, 7) is 0. The lowest BCUT2D eigenvalue weighted by Crippen LogP contribution is -1.93. The lowest BCUT2D eigenvalue weighted by molar-refractivity contribution is 0.0665. The third kappa shape index (κ3) is 1.43. The van der Waals surface area contributed by atoms with Crippen molar-refractivity contribution in [3.8, 4) is 0 Å². The van der Waals surface area contributed by atoms with Gasteiger partial charge in [0.05, 0.1) is 11.1 Å². The van der Waals surface area contributed by atoms with Crippen LogP contribution in [0.15, 0.2) is 10.5 Å². The molecule has 1 aliphatic carbocycles. The molecule has 1 saturated carbocycles. The number of carboxylic acids is 1. The van der Waals surface area contributed by atoms with Gasteiger partial charge in [-0.3, -0.25) is 0 Å². The average molecular weight is 237 g/mol. The zero-order valence-electron chi connectivity index (χ0n) is 8.60. The monoisotopic (exact) mass is 237 g/mol. The minimum absolute atomic E-state index is 0.0166. The summed E-state index contributed by atoms with van der Waals surface area (Å²) in [5.41, 5.74) is 1.04. The van der Waals surface area contributed by atoms with Gasteiger partial charge in [-0.25, -0.2) is 4.79 Å². The van der Waals surface area contributed by atoms with Crippen LogP contribution in [0.1, 0.15) is 47.8 Å². The molecule has 5 heteroatoms. The Hall–Kier alpha value is -1.36. The van der Waals surface area contributed by atoms with Crippen molar-refractivity contribution < 1.29 is 14.3 Å². The standard InChI is InChI=1S/C11H11NO3S/c13-10(14)8-5-7-9(6-3-1-2-4-6)12-16-11(7)15-8/h5-6H,1-4H2,(H,13,14). The number of furan rings is 1. The second-order valence-electron chi connectivity index (χ2n) is 4.17. The lowest BCUT2D eigenvalue weighted by atomic mass is 10.0. The highest BCUT2D eigenvalue weighted by atomic mass is 32.1. The van der Waals surface area contributed by atoms with Crippen LogP contribution in [-0.4, -0.2) is 15.4 Å². The van der Waals surface area contributed by atoms with Crippen molar-refractivity contribution in [3.63, 3.8) is 0 Å². The number of rotatable bonds is 2. The third-order valence-corrected chi connectivity index (χ3v) is 3.91. The summed E-state index contributed by atoms with van der Waals surface area (Å²) in [5.74, 6) is -0.503. The van der Waals surface area contributed by atoms with Crippen LogP contribution < -0.4 is 0 Å². The van der Waals surface area contributed by atoms with E-state index >= 15 is 0 Å². The van der Waals surface area contributed by atoms with Gasteiger partial charge in [0.15, 0.2) is 0 Å². The normalized spacial score (nSPS) is 17.2. The number of aromatic carboxylic acids is 1. The zero-order chi connectivity index (χ0) is 11.1. The topological polar surface area (TPSA) is 63.3 Å². The lowest BCUT2D eigenvalue weighted by Gasteiger charge is -2.03. The SMILES string of the molecule is O=C(O)c1cc2c(C3CCCC3)nsc2o1. The number of nitrogens with zero attached hydrogens (tertiary/aromatic N) is 1. The quantitative estimate of drug-likeness (QED) is 0.870. The summed E-state index contributed by atoms with van der Waals surface area (Å²) < 4.78 is 9.62. The molecule has 0 unspecified atom stereocenters. The van der Waals surface area contributed by atoms with E-state index in [2.05, 4.69) is 4.37 Å². The maximum Gasteiger partial charge on any atom is 0.371 e. The first-order valence-corrected chi connectivity index (χ1v) is 6.15. The van der Waals surface area contributed by atoms with Crippen LogP contribution in [0.2, 0.25) is 0 Å². The van der Waals surface area contributed by atoms with Crippen molar-refractivity contribution in [2.45, 2.75) is 31.6 Å². The molecule has 0 aliphatic heterocycles. The summed E-state index contributed by atoms with van der Waals surface area (Å²) in [6.07, 6.45) is 4.81. The second kappa shape index (κ2) is 3.59. The predicted octanol–water partition coefficient (Wildman–Crippen LogP) is 3.25. The van der Waals surface area contributed by atoms with E-state index in [-0.39, 0.29) is 5.76 Å². The summed E-state index contributed by atoms with van der Waals surface area (Å²) in [4.78, 5) is 11.4. The molecular weight excluding hydrogens is 226 g/mol. The van der Waals surface area contributed by atoms with Crippen LogP contribution in [-0.2, 0) is 0 Å². The summed E-state index contributed by atoms with van der Waals surface area (Å²) in [6, 6.07) is 1.61. The number of carboxylic acid groups (broad SMARTS) is 1. The van der Waals surface area contributed by atoms with E-state index in [1.807, 2.05) is 0 Å². The van der Waals surface area contributed by atoms with Gasteiger partial charge in [0.2, 0.25) is 10.7 Å². The molecule has 0 atom stereocenters. The van der Waals surface area contributed by atoms with Gasteiger partial charge in [-0.05, 0) is 12.8 Å². The largest absolute Gasteiger partial charge is 0.475 e. The Balaban J connectivity index is 2.07. The van der Waals surface area contributed by atoms with Crippen molar-refractivity contribution in [1.82, 2.24) is 4.37 Å². The van der Waals surface area contributed by atoms with Gasteiger partial charge in [-0.15, -0.1) is 0 Å². The first kappa shape index (κ1) is 9.84. The van der Waals surface area contributed by atoms with Gasteiger partial charge in [0, 0.05) is 23.5 Å². The molecule has 84 valence electrons. The molecule has 0 radical (unpaired) electrons. The van der Waals surface area contributed by atoms with Crippen molar-refractivity contribution in [2.24, 2.45) is 0 Å². The molecule has 2 aromatic rings. The molecule has 16 heavy (non-hydrogen) atoms. The van der Waals surface area contributed by atoms with E-state index < -0.39 is 5.97 Å². The molecule has 0 saturated heterocycles. The smallest absolute Gasteiger partial charge is 0.371 e. The van der Waals surface area contributed by atoms with Gasteiger partial charge in [-0.2, -0.15) is 4.37 Å². The van der Waals surface area contributed by atoms with Gasteiger partial charge in [0.1, 0.15) is 0 Å². The summed E-state index contributed by atoms with van der Waals surface area (Å²) in [5, 5.41) is 9.75. The van der Waals surface area contributed by atoms with Crippen molar-refractivity contribution in [3.05, 3.63) is 17.5 Å². The van der Waals surface area contributed by atoms with E-state index in [1.54, 1.807) is 6.07 Å². The van der Waals surface area contributed by atoms with Crippen LogP contribution in [0.3, 0.4) is 0 Å². The summed E-state index contributed by atoms with van der Waals surface area (Å²) in [7, 11) is 0. The highest BCUT2D eigenvalue weighted by Crippen LogP contribution is 2.39. The van der Waals surface area contributed by atoms with Crippen molar-refractivity contribution in [1.29, 1.82) is 0 Å². The van der Waals surface area contributed by atoms with E-state index in [9.17, 15) is 4.79 Å². The molecule has 1 N–H and O–H groups in total. The van der Waals surface area contributed by atoms with Crippen LogP contribution in [0.5, 0.6) is 0 Å². The van der Waals surface area contributed by atoms with Crippen molar-refractivity contribution >= 4 is 27.8 Å². The highest BCUT2D eigenvalue weighted by molar-refractivity contribution is 7.12. The van der Waals surface area contributed by atoms with E-state index in [0.717, 1.165) is 23.9 Å². The molecule has 3 rings (SSSR count). The fourth-order valence-corrected chi connectivity index (χ4v) is 3.18. The number of carbonyl (C=O) groups is 1. The average Bonchev–Trinajstić information content (AvgIpc) is 2.92. The molecule has 2 heterocycles. The third-order valence-electron chi connectivity index (χ3n) is 3.15. The molecule has 4 nitrogen and oxygen atoms in total. The van der Waals surface area contributed by atoms with Gasteiger partial charge >= 0.3 is 5.97 Å². The van der Waals surface area contributed by atoms with Crippen molar-refractivity contribution in [2.75, 3.05) is 0 Å². The van der Waals surface area contributed by atoms with Gasteiger partial charge in [0.25, 0.3) is 0 Å². The fraction of sp³-hybridized carbons (Fsp3) is 0.455. The minimum Gasteiger partial charge on any atom is -0.475 e. The second-order valence-corrected chi connectivity index (χ2v) is 4.90. The molecule has 0 aromatic carbocycles. The van der Waals surface area contributed by atoms with Gasteiger partial charge in [-0.1, -0.05) is 12.8 Å². The van der Waals surface area contributed by atoms with E-state index in [1.165, 1.54) is 24.4 Å². The van der Waals surface area contributed by atoms with E-state index in [4.69, 9.17) is 9.52 Å². The van der Waals surface area contributed by atoms with Crippen LogP contribution in [0.25, 0.3) is 10.3 Å². The number of hydrogen-bond donors (Lipinski definition) is 1. The van der Waals surface area contributed by atoms with Gasteiger partial charge < -0.3 is 9.52 Å². The molecule has 1 fully saturated rings. The molecule has 0 spiro atoms. The van der Waals surface area contributed by atoms with Crippen LogP contribution in [0.4, 0.5) is 0 Å². The first-order valence-electron chi connectivity index (χ1n) is 5.38. The maximum atomic E-state index is 10.8. The zero-order valence-corrected chi connectivity index (χ0v) is 9.42. The Morgan fingerprint density at radius 2 is 2.25 bits per heavy atom. The molecular formula is C11H11NO3S. The molecule has 1 aliphatic rings. The Kier molecular flexibility index (Phi) is 2.21. The predicted molar refractivity (Wildman–Crippen MR) is 60.1 cm³/mol. The molecule has 0 amide bonds. The number of fused-ring (bicyclic) bond motifs is 1. The minimum atomic E-state index is -1.01. The maximum absolute atomic E-state index is 10.8. The summed E-state index contributed by atoms with van der Waals surface area (Å²) >= 11 is 1.26.